The zero-order valence-electron chi connectivity index (χ0n) is 15.7. The van der Waals surface area contributed by atoms with Crippen molar-refractivity contribution < 1.29 is 4.52 Å². The van der Waals surface area contributed by atoms with Gasteiger partial charge in [0.1, 0.15) is 0 Å². The summed E-state index contributed by atoms with van der Waals surface area (Å²) in [6.07, 6.45) is 5.67. The summed E-state index contributed by atoms with van der Waals surface area (Å²) < 4.78 is 5.33. The predicted octanol–water partition coefficient (Wildman–Crippen LogP) is 4.29. The Morgan fingerprint density at radius 3 is 2.78 bits per heavy atom. The van der Waals surface area contributed by atoms with Gasteiger partial charge in [-0.3, -0.25) is 4.99 Å². The Morgan fingerprint density at radius 1 is 1.30 bits per heavy atom. The minimum Gasteiger partial charge on any atom is -0.356 e. The molecular weight excluding hydrogens is 477 g/mol. The second-order valence-electron chi connectivity index (χ2n) is 6.88. The lowest BCUT2D eigenvalue weighted by Crippen LogP contribution is -2.45. The van der Waals surface area contributed by atoms with Crippen LogP contribution in [-0.2, 0) is 6.42 Å². The van der Waals surface area contributed by atoms with E-state index in [9.17, 15) is 0 Å². The first-order valence-electron chi connectivity index (χ1n) is 9.19. The van der Waals surface area contributed by atoms with E-state index in [1.54, 1.807) is 7.05 Å². The first-order valence-corrected chi connectivity index (χ1v) is 9.57. The number of aromatic nitrogens is 2. The molecule has 3 rings (SSSR count). The van der Waals surface area contributed by atoms with Crippen LogP contribution < -0.4 is 10.6 Å². The number of nitrogens with zero attached hydrogens (tertiary/aromatic N) is 3. The maximum atomic E-state index is 5.90. The van der Waals surface area contributed by atoms with Gasteiger partial charge in [-0.05, 0) is 43.0 Å². The quantitative estimate of drug-likeness (QED) is 0.362. The van der Waals surface area contributed by atoms with Crippen LogP contribution in [0.5, 0.6) is 0 Å². The number of guanidine groups is 1. The average Bonchev–Trinajstić information content (AvgIpc) is 3.10. The van der Waals surface area contributed by atoms with Gasteiger partial charge in [0.15, 0.2) is 5.96 Å². The molecule has 2 atom stereocenters. The number of rotatable bonds is 5. The van der Waals surface area contributed by atoms with E-state index >= 15 is 0 Å². The largest absolute Gasteiger partial charge is 0.356 e. The number of hydrogen-bond acceptors (Lipinski definition) is 4. The van der Waals surface area contributed by atoms with Gasteiger partial charge in [0, 0.05) is 36.6 Å². The Balaban J connectivity index is 0.00000261. The van der Waals surface area contributed by atoms with Crippen molar-refractivity contribution in [2.75, 3.05) is 13.6 Å². The number of halogens is 2. The van der Waals surface area contributed by atoms with Crippen LogP contribution in [-0.4, -0.2) is 35.7 Å². The van der Waals surface area contributed by atoms with Gasteiger partial charge in [0.05, 0.1) is 0 Å². The highest BCUT2D eigenvalue weighted by atomic mass is 127. The first kappa shape index (κ1) is 21.9. The summed E-state index contributed by atoms with van der Waals surface area (Å²) in [6, 6.07) is 7.90. The van der Waals surface area contributed by atoms with E-state index in [2.05, 4.69) is 32.7 Å². The highest BCUT2D eigenvalue weighted by Gasteiger charge is 2.19. The molecule has 2 aromatic rings. The van der Waals surface area contributed by atoms with E-state index in [1.165, 1.54) is 25.7 Å². The zero-order valence-corrected chi connectivity index (χ0v) is 18.8. The highest BCUT2D eigenvalue weighted by Crippen LogP contribution is 2.23. The maximum Gasteiger partial charge on any atom is 0.228 e. The molecule has 1 saturated carbocycles. The van der Waals surface area contributed by atoms with Crippen molar-refractivity contribution in [3.8, 4) is 11.4 Å². The summed E-state index contributed by atoms with van der Waals surface area (Å²) in [5.41, 5.74) is 0.890. The van der Waals surface area contributed by atoms with Gasteiger partial charge >= 0.3 is 0 Å². The summed E-state index contributed by atoms with van der Waals surface area (Å²) in [5, 5.41) is 11.6. The molecule has 2 unspecified atom stereocenters. The summed E-state index contributed by atoms with van der Waals surface area (Å²) in [4.78, 5) is 8.75. The van der Waals surface area contributed by atoms with E-state index in [0.29, 0.717) is 35.7 Å². The van der Waals surface area contributed by atoms with Gasteiger partial charge in [-0.2, -0.15) is 4.98 Å². The molecule has 2 N–H and O–H groups in total. The molecule has 8 heteroatoms. The molecule has 1 fully saturated rings. The van der Waals surface area contributed by atoms with Crippen LogP contribution in [0.25, 0.3) is 11.4 Å². The fourth-order valence-electron chi connectivity index (χ4n) is 3.31. The van der Waals surface area contributed by atoms with Gasteiger partial charge < -0.3 is 15.2 Å². The Hall–Kier alpha value is -1.35. The SMILES string of the molecule is CN=C(NCCc1nc(-c2ccc(Cl)cc2)no1)NC1CCCC(C)C1.I. The van der Waals surface area contributed by atoms with Crippen LogP contribution in [0.15, 0.2) is 33.8 Å². The van der Waals surface area contributed by atoms with Gasteiger partial charge in [-0.15, -0.1) is 24.0 Å². The Labute approximate surface area is 182 Å². The molecule has 0 radical (unpaired) electrons. The molecule has 0 saturated heterocycles. The van der Waals surface area contributed by atoms with E-state index < -0.39 is 0 Å². The van der Waals surface area contributed by atoms with E-state index in [4.69, 9.17) is 16.1 Å². The van der Waals surface area contributed by atoms with Gasteiger partial charge in [-0.25, -0.2) is 0 Å². The van der Waals surface area contributed by atoms with E-state index in [-0.39, 0.29) is 24.0 Å². The average molecular weight is 504 g/mol. The molecule has 0 aliphatic heterocycles. The van der Waals surface area contributed by atoms with Crippen LogP contribution in [0, 0.1) is 5.92 Å². The third kappa shape index (κ3) is 6.64. The maximum absolute atomic E-state index is 5.90. The molecule has 6 nitrogen and oxygen atoms in total. The van der Waals surface area contributed by atoms with Crippen LogP contribution in [0.1, 0.15) is 38.5 Å². The van der Waals surface area contributed by atoms with Crippen molar-refractivity contribution >= 4 is 41.5 Å². The molecule has 1 aliphatic rings. The van der Waals surface area contributed by atoms with Crippen molar-refractivity contribution in [2.45, 2.75) is 45.1 Å². The lowest BCUT2D eigenvalue weighted by Gasteiger charge is -2.28. The Bertz CT molecular complexity index is 734. The topological polar surface area (TPSA) is 75.3 Å². The van der Waals surface area contributed by atoms with Crippen molar-refractivity contribution in [1.82, 2.24) is 20.8 Å². The summed E-state index contributed by atoms with van der Waals surface area (Å²) >= 11 is 5.90. The zero-order chi connectivity index (χ0) is 18.4. The lowest BCUT2D eigenvalue weighted by molar-refractivity contribution is 0.324. The normalized spacial score (nSPS) is 20.0. The van der Waals surface area contributed by atoms with Crippen molar-refractivity contribution in [3.05, 3.63) is 35.2 Å². The second-order valence-corrected chi connectivity index (χ2v) is 7.32. The minimum atomic E-state index is 0. The number of hydrogen-bond donors (Lipinski definition) is 2. The van der Waals surface area contributed by atoms with Crippen LogP contribution >= 0.6 is 35.6 Å². The second kappa shape index (κ2) is 10.8. The molecule has 1 aromatic carbocycles. The smallest absolute Gasteiger partial charge is 0.228 e. The fraction of sp³-hybridized carbons (Fsp3) is 0.526. The van der Waals surface area contributed by atoms with Crippen molar-refractivity contribution in [2.24, 2.45) is 10.9 Å². The molecular formula is C19H27ClIN5O. The van der Waals surface area contributed by atoms with Gasteiger partial charge in [-0.1, -0.05) is 36.5 Å². The molecule has 1 aliphatic carbocycles. The summed E-state index contributed by atoms with van der Waals surface area (Å²) in [7, 11) is 1.80. The summed E-state index contributed by atoms with van der Waals surface area (Å²) in [5.74, 6) is 2.80. The minimum absolute atomic E-state index is 0. The van der Waals surface area contributed by atoms with Gasteiger partial charge in [0.25, 0.3) is 0 Å². The highest BCUT2D eigenvalue weighted by molar-refractivity contribution is 14.0. The Kier molecular flexibility index (Phi) is 8.82. The Morgan fingerprint density at radius 2 is 2.07 bits per heavy atom. The molecule has 0 amide bonds. The molecule has 0 spiro atoms. The van der Waals surface area contributed by atoms with Gasteiger partial charge in [0.2, 0.25) is 11.7 Å². The van der Waals surface area contributed by atoms with E-state index in [1.807, 2.05) is 24.3 Å². The summed E-state index contributed by atoms with van der Waals surface area (Å²) in [6.45, 7) is 3.00. The number of benzene rings is 1. The van der Waals surface area contributed by atoms with Crippen LogP contribution in [0.3, 0.4) is 0 Å². The fourth-order valence-corrected chi connectivity index (χ4v) is 3.44. The number of nitrogens with one attached hydrogen (secondary N) is 2. The predicted molar refractivity (Wildman–Crippen MR) is 120 cm³/mol. The van der Waals surface area contributed by atoms with Crippen LogP contribution in [0.4, 0.5) is 0 Å². The van der Waals surface area contributed by atoms with Crippen molar-refractivity contribution in [3.63, 3.8) is 0 Å². The molecule has 0 bridgehead atoms. The first-order chi connectivity index (χ1) is 12.6. The molecule has 27 heavy (non-hydrogen) atoms. The standard InChI is InChI=1S/C19H26ClN5O.HI/c1-13-4-3-5-16(12-13)23-19(21-2)22-11-10-17-24-18(25-26-17)14-6-8-15(20)9-7-14;/h6-9,13,16H,3-5,10-12H2,1-2H3,(H2,21,22,23);1H. The van der Waals surface area contributed by atoms with E-state index in [0.717, 1.165) is 17.4 Å². The lowest BCUT2D eigenvalue weighted by atomic mass is 9.87. The number of aliphatic imine (C=N–C) groups is 1. The van der Waals surface area contributed by atoms with Crippen LogP contribution in [0.2, 0.25) is 5.02 Å². The third-order valence-corrected chi connectivity index (χ3v) is 4.95. The molecule has 1 heterocycles. The van der Waals surface area contributed by atoms with Crippen molar-refractivity contribution in [1.29, 1.82) is 0 Å². The third-order valence-electron chi connectivity index (χ3n) is 4.70. The molecule has 148 valence electrons. The monoisotopic (exact) mass is 503 g/mol. The molecule has 1 aromatic heterocycles.